The van der Waals surface area contributed by atoms with Gasteiger partial charge in [0.05, 0.1) is 5.56 Å². The van der Waals surface area contributed by atoms with Gasteiger partial charge in [0.1, 0.15) is 23.7 Å². The third-order valence-electron chi connectivity index (χ3n) is 2.87. The molecule has 0 aliphatic carbocycles. The molecular weight excluding hydrogens is 304 g/mol. The van der Waals surface area contributed by atoms with Crippen LogP contribution in [0.25, 0.3) is 0 Å². The van der Waals surface area contributed by atoms with Gasteiger partial charge in [-0.05, 0) is 30.3 Å². The Morgan fingerprint density at radius 3 is 2.45 bits per heavy atom. The quantitative estimate of drug-likeness (QED) is 0.864. The van der Waals surface area contributed by atoms with Gasteiger partial charge in [0.2, 0.25) is 0 Å². The SMILES string of the molecule is O=C(O)c1ccccc1OCc1cc(C(F)(F)F)ccc1F. The predicted octanol–water partition coefficient (Wildman–Crippen LogP) is 4.12. The summed E-state index contributed by atoms with van der Waals surface area (Å²) >= 11 is 0. The van der Waals surface area contributed by atoms with Crippen molar-refractivity contribution in [3.05, 3.63) is 65.0 Å². The highest BCUT2D eigenvalue weighted by Crippen LogP contribution is 2.30. The Morgan fingerprint density at radius 2 is 1.82 bits per heavy atom. The van der Waals surface area contributed by atoms with Crippen LogP contribution in [0.2, 0.25) is 0 Å². The highest BCUT2D eigenvalue weighted by atomic mass is 19.4. The minimum atomic E-state index is -4.60. The Hall–Kier alpha value is -2.57. The Balaban J connectivity index is 2.24. The van der Waals surface area contributed by atoms with Crippen molar-refractivity contribution in [1.82, 2.24) is 0 Å². The molecule has 0 saturated heterocycles. The van der Waals surface area contributed by atoms with Crippen molar-refractivity contribution in [3.63, 3.8) is 0 Å². The van der Waals surface area contributed by atoms with Crippen LogP contribution >= 0.6 is 0 Å². The lowest BCUT2D eigenvalue weighted by atomic mass is 10.1. The highest BCUT2D eigenvalue weighted by molar-refractivity contribution is 5.90. The molecule has 0 radical (unpaired) electrons. The number of halogens is 4. The first kappa shape index (κ1) is 15.8. The molecule has 0 saturated carbocycles. The summed E-state index contributed by atoms with van der Waals surface area (Å²) in [6.07, 6.45) is -4.60. The lowest BCUT2D eigenvalue weighted by Gasteiger charge is -2.12. The van der Waals surface area contributed by atoms with E-state index in [0.717, 1.165) is 0 Å². The number of hydrogen-bond donors (Lipinski definition) is 1. The number of ether oxygens (including phenoxy) is 1. The maximum absolute atomic E-state index is 13.6. The molecule has 0 aromatic heterocycles. The second-order valence-corrected chi connectivity index (χ2v) is 4.39. The van der Waals surface area contributed by atoms with Crippen molar-refractivity contribution < 1.29 is 32.2 Å². The molecule has 0 amide bonds. The molecule has 1 N–H and O–H groups in total. The molecule has 116 valence electrons. The zero-order valence-electron chi connectivity index (χ0n) is 11.0. The van der Waals surface area contributed by atoms with E-state index in [2.05, 4.69) is 0 Å². The summed E-state index contributed by atoms with van der Waals surface area (Å²) in [6.45, 7) is -0.514. The normalized spacial score (nSPS) is 11.3. The summed E-state index contributed by atoms with van der Waals surface area (Å²) in [5.41, 5.74) is -1.47. The molecule has 0 unspecified atom stereocenters. The molecule has 0 fully saturated rings. The van der Waals surface area contributed by atoms with E-state index in [9.17, 15) is 22.4 Å². The lowest BCUT2D eigenvalue weighted by molar-refractivity contribution is -0.137. The van der Waals surface area contributed by atoms with Crippen LogP contribution in [-0.2, 0) is 12.8 Å². The van der Waals surface area contributed by atoms with E-state index in [0.29, 0.717) is 18.2 Å². The number of aromatic carboxylic acids is 1. The molecule has 2 aromatic carbocycles. The fourth-order valence-electron chi connectivity index (χ4n) is 1.79. The Labute approximate surface area is 122 Å². The van der Waals surface area contributed by atoms with Crippen LogP contribution in [0.1, 0.15) is 21.5 Å². The maximum atomic E-state index is 13.6. The first-order chi connectivity index (χ1) is 10.3. The van der Waals surface area contributed by atoms with Crippen molar-refractivity contribution in [2.75, 3.05) is 0 Å². The van der Waals surface area contributed by atoms with Gasteiger partial charge in [-0.25, -0.2) is 9.18 Å². The number of rotatable bonds is 4. The summed E-state index contributed by atoms with van der Waals surface area (Å²) in [5.74, 6) is -2.16. The van der Waals surface area contributed by atoms with E-state index in [-0.39, 0.29) is 16.9 Å². The van der Waals surface area contributed by atoms with Gasteiger partial charge in [-0.3, -0.25) is 0 Å². The van der Waals surface area contributed by atoms with Gasteiger partial charge < -0.3 is 9.84 Å². The molecule has 0 bridgehead atoms. The van der Waals surface area contributed by atoms with Crippen molar-refractivity contribution in [1.29, 1.82) is 0 Å². The molecule has 2 aromatic rings. The number of alkyl halides is 3. The van der Waals surface area contributed by atoms with Gasteiger partial charge in [-0.15, -0.1) is 0 Å². The Bertz CT molecular complexity index is 695. The number of hydrogen-bond acceptors (Lipinski definition) is 2. The summed E-state index contributed by atoms with van der Waals surface area (Å²) in [5, 5.41) is 8.97. The van der Waals surface area contributed by atoms with Crippen molar-refractivity contribution in [3.8, 4) is 5.75 Å². The smallest absolute Gasteiger partial charge is 0.416 e. The second-order valence-electron chi connectivity index (χ2n) is 4.39. The number of carboxylic acids is 1. The molecule has 0 aliphatic heterocycles. The third-order valence-corrected chi connectivity index (χ3v) is 2.87. The molecule has 0 atom stereocenters. The minimum absolute atomic E-state index is 0.0492. The van der Waals surface area contributed by atoms with Crippen LogP contribution in [0.5, 0.6) is 5.75 Å². The first-order valence-corrected chi connectivity index (χ1v) is 6.10. The number of para-hydroxylation sites is 1. The largest absolute Gasteiger partial charge is 0.488 e. The van der Waals surface area contributed by atoms with Crippen LogP contribution in [-0.4, -0.2) is 11.1 Å². The van der Waals surface area contributed by atoms with Crippen LogP contribution in [0.4, 0.5) is 17.6 Å². The standard InChI is InChI=1S/C15H10F4O3/c16-12-6-5-10(15(17,18)19)7-9(12)8-22-13-4-2-1-3-11(13)14(20)21/h1-7H,8H2,(H,20,21). The summed E-state index contributed by atoms with van der Waals surface area (Å²) < 4.78 is 56.5. The monoisotopic (exact) mass is 314 g/mol. The lowest BCUT2D eigenvalue weighted by Crippen LogP contribution is -2.08. The minimum Gasteiger partial charge on any atom is -0.488 e. The van der Waals surface area contributed by atoms with E-state index < -0.39 is 30.1 Å². The van der Waals surface area contributed by atoms with Crippen molar-refractivity contribution in [2.24, 2.45) is 0 Å². The molecule has 7 heteroatoms. The zero-order valence-corrected chi connectivity index (χ0v) is 11.0. The van der Waals surface area contributed by atoms with E-state index in [1.54, 1.807) is 0 Å². The van der Waals surface area contributed by atoms with Gasteiger partial charge >= 0.3 is 12.1 Å². The summed E-state index contributed by atoms with van der Waals surface area (Å²) in [6, 6.07) is 7.56. The van der Waals surface area contributed by atoms with Gasteiger partial charge in [0.15, 0.2) is 0 Å². The average molecular weight is 314 g/mol. The average Bonchev–Trinajstić information content (AvgIpc) is 2.45. The second kappa shape index (κ2) is 6.05. The fourth-order valence-corrected chi connectivity index (χ4v) is 1.79. The van der Waals surface area contributed by atoms with E-state index >= 15 is 0 Å². The molecule has 0 spiro atoms. The zero-order chi connectivity index (χ0) is 16.3. The Morgan fingerprint density at radius 1 is 1.14 bits per heavy atom. The highest BCUT2D eigenvalue weighted by Gasteiger charge is 2.31. The molecule has 0 heterocycles. The van der Waals surface area contributed by atoms with Crippen molar-refractivity contribution in [2.45, 2.75) is 12.8 Å². The Kier molecular flexibility index (Phi) is 4.35. The molecular formula is C15H10F4O3. The fraction of sp³-hybridized carbons (Fsp3) is 0.133. The van der Waals surface area contributed by atoms with Crippen LogP contribution < -0.4 is 4.74 Å². The predicted molar refractivity (Wildman–Crippen MR) is 69.1 cm³/mol. The molecule has 2 rings (SSSR count). The van der Waals surface area contributed by atoms with Crippen LogP contribution in [0.15, 0.2) is 42.5 Å². The summed E-state index contributed by atoms with van der Waals surface area (Å²) in [7, 11) is 0. The van der Waals surface area contributed by atoms with Gasteiger partial charge in [0, 0.05) is 5.56 Å². The van der Waals surface area contributed by atoms with E-state index in [1.807, 2.05) is 0 Å². The van der Waals surface area contributed by atoms with Gasteiger partial charge in [-0.1, -0.05) is 12.1 Å². The molecule has 22 heavy (non-hydrogen) atoms. The van der Waals surface area contributed by atoms with Crippen molar-refractivity contribution >= 4 is 5.97 Å². The molecule has 3 nitrogen and oxygen atoms in total. The number of carbonyl (C=O) groups is 1. The van der Waals surface area contributed by atoms with Gasteiger partial charge in [0.25, 0.3) is 0 Å². The summed E-state index contributed by atoms with van der Waals surface area (Å²) in [4.78, 5) is 11.0. The maximum Gasteiger partial charge on any atom is 0.416 e. The number of benzene rings is 2. The molecule has 0 aliphatic rings. The van der Waals surface area contributed by atoms with Crippen LogP contribution in [0, 0.1) is 5.82 Å². The topological polar surface area (TPSA) is 46.5 Å². The first-order valence-electron chi connectivity index (χ1n) is 6.10. The van der Waals surface area contributed by atoms with Crippen LogP contribution in [0.3, 0.4) is 0 Å². The van der Waals surface area contributed by atoms with E-state index in [4.69, 9.17) is 9.84 Å². The van der Waals surface area contributed by atoms with E-state index in [1.165, 1.54) is 24.3 Å². The number of carboxylic acid groups (broad SMARTS) is 1. The van der Waals surface area contributed by atoms with Gasteiger partial charge in [-0.2, -0.15) is 13.2 Å². The third kappa shape index (κ3) is 3.55.